The lowest BCUT2D eigenvalue weighted by Crippen LogP contribution is -2.39. The number of ether oxygens (including phenoxy) is 2. The predicted octanol–water partition coefficient (Wildman–Crippen LogP) is 3.27. The summed E-state index contributed by atoms with van der Waals surface area (Å²) in [4.78, 5) is 4.67. The molecule has 1 aromatic carbocycles. The van der Waals surface area contributed by atoms with Gasteiger partial charge in [-0.25, -0.2) is 4.99 Å². The molecule has 1 aliphatic heterocycles. The normalized spacial score (nSPS) is 12.6. The van der Waals surface area contributed by atoms with Crippen molar-refractivity contribution in [1.29, 1.82) is 0 Å². The van der Waals surface area contributed by atoms with Gasteiger partial charge in [-0.05, 0) is 36.1 Å². The first kappa shape index (κ1) is 20.8. The van der Waals surface area contributed by atoms with Gasteiger partial charge in [0.2, 0.25) is 6.79 Å². The zero-order valence-electron chi connectivity index (χ0n) is 14.7. The third kappa shape index (κ3) is 6.31. The highest BCUT2D eigenvalue weighted by atomic mass is 127. The van der Waals surface area contributed by atoms with Crippen LogP contribution in [0.4, 0.5) is 0 Å². The molecule has 2 heterocycles. The minimum Gasteiger partial charge on any atom is -0.469 e. The van der Waals surface area contributed by atoms with Crippen LogP contribution in [0.3, 0.4) is 0 Å². The van der Waals surface area contributed by atoms with Gasteiger partial charge in [-0.2, -0.15) is 11.8 Å². The molecule has 8 heteroatoms. The molecule has 0 saturated heterocycles. The van der Waals surface area contributed by atoms with Gasteiger partial charge in [0, 0.05) is 25.3 Å². The Morgan fingerprint density at radius 2 is 2.00 bits per heavy atom. The topological polar surface area (TPSA) is 68.0 Å². The first-order chi connectivity index (χ1) is 12.3. The van der Waals surface area contributed by atoms with Gasteiger partial charge in [-0.3, -0.25) is 0 Å². The molecule has 0 saturated carbocycles. The van der Waals surface area contributed by atoms with E-state index in [2.05, 4.69) is 21.9 Å². The molecule has 0 unspecified atom stereocenters. The summed E-state index contributed by atoms with van der Waals surface area (Å²) in [5.41, 5.74) is 1.08. The van der Waals surface area contributed by atoms with Crippen molar-refractivity contribution >= 4 is 41.7 Å². The Hall–Kier alpha value is -1.55. The summed E-state index contributed by atoms with van der Waals surface area (Å²) in [6.07, 6.45) is 4.61. The average molecular weight is 489 g/mol. The zero-order valence-corrected chi connectivity index (χ0v) is 17.8. The standard InChI is InChI=1S/C18H23N3O3S.HI/c1-25-10-8-20-18(19-7-6-15-3-2-9-22-15)21-12-14-4-5-16-17(11-14)24-13-23-16;/h2-5,9,11H,6-8,10,12-13H2,1H3,(H2,19,20,21);1H. The number of nitrogens with zero attached hydrogens (tertiary/aromatic N) is 1. The number of hydrogen-bond donors (Lipinski definition) is 2. The van der Waals surface area contributed by atoms with E-state index in [-0.39, 0.29) is 30.8 Å². The maximum absolute atomic E-state index is 5.42. The number of nitrogens with one attached hydrogen (secondary N) is 2. The Kier molecular flexibility index (Phi) is 8.96. The Bertz CT molecular complexity index is 695. The lowest BCUT2D eigenvalue weighted by molar-refractivity contribution is 0.174. The number of hydrogen-bond acceptors (Lipinski definition) is 5. The quantitative estimate of drug-likeness (QED) is 0.257. The summed E-state index contributed by atoms with van der Waals surface area (Å²) in [6, 6.07) is 9.80. The second-order valence-corrected chi connectivity index (χ2v) is 6.51. The van der Waals surface area contributed by atoms with E-state index in [0.717, 1.165) is 54.0 Å². The number of fused-ring (bicyclic) bond motifs is 1. The second kappa shape index (κ2) is 11.2. The van der Waals surface area contributed by atoms with Crippen molar-refractivity contribution < 1.29 is 13.9 Å². The summed E-state index contributed by atoms with van der Waals surface area (Å²) < 4.78 is 16.1. The SMILES string of the molecule is CSCCNC(=NCc1ccc2c(c1)OCO2)NCCc1ccco1.I. The molecule has 3 rings (SSSR count). The van der Waals surface area contributed by atoms with Gasteiger partial charge in [0.25, 0.3) is 0 Å². The van der Waals surface area contributed by atoms with E-state index in [1.54, 1.807) is 18.0 Å². The van der Waals surface area contributed by atoms with Crippen LogP contribution >= 0.6 is 35.7 Å². The second-order valence-electron chi connectivity index (χ2n) is 5.53. The Morgan fingerprint density at radius 1 is 1.15 bits per heavy atom. The van der Waals surface area contributed by atoms with Gasteiger partial charge < -0.3 is 24.5 Å². The number of rotatable bonds is 8. The highest BCUT2D eigenvalue weighted by molar-refractivity contribution is 14.0. The van der Waals surface area contributed by atoms with Gasteiger partial charge in [-0.1, -0.05) is 6.07 Å². The largest absolute Gasteiger partial charge is 0.469 e. The molecule has 2 N–H and O–H groups in total. The van der Waals surface area contributed by atoms with Crippen LogP contribution in [0.25, 0.3) is 0 Å². The number of halogens is 1. The lowest BCUT2D eigenvalue weighted by Gasteiger charge is -2.12. The van der Waals surface area contributed by atoms with E-state index in [0.29, 0.717) is 6.54 Å². The van der Waals surface area contributed by atoms with Crippen LogP contribution in [0.15, 0.2) is 46.0 Å². The maximum atomic E-state index is 5.42. The van der Waals surface area contributed by atoms with E-state index in [1.807, 2.05) is 30.3 Å². The summed E-state index contributed by atoms with van der Waals surface area (Å²) >= 11 is 1.80. The van der Waals surface area contributed by atoms with Crippen LogP contribution in [-0.2, 0) is 13.0 Å². The van der Waals surface area contributed by atoms with E-state index < -0.39 is 0 Å². The molecule has 1 aromatic heterocycles. The average Bonchev–Trinajstić information content (AvgIpc) is 3.30. The third-order valence-corrected chi connectivity index (χ3v) is 4.31. The number of aliphatic imine (C=N–C) groups is 1. The predicted molar refractivity (Wildman–Crippen MR) is 116 cm³/mol. The molecule has 1 aliphatic rings. The van der Waals surface area contributed by atoms with E-state index in [9.17, 15) is 0 Å². The molecule has 0 bridgehead atoms. The number of furan rings is 1. The molecule has 0 radical (unpaired) electrons. The van der Waals surface area contributed by atoms with Crippen LogP contribution in [0, 0.1) is 0 Å². The smallest absolute Gasteiger partial charge is 0.231 e. The van der Waals surface area contributed by atoms with Crippen LogP contribution in [-0.4, -0.2) is 37.9 Å². The molecule has 0 fully saturated rings. The van der Waals surface area contributed by atoms with Crippen molar-refractivity contribution in [3.05, 3.63) is 47.9 Å². The Labute approximate surface area is 175 Å². The van der Waals surface area contributed by atoms with Crippen LogP contribution < -0.4 is 20.1 Å². The van der Waals surface area contributed by atoms with Crippen molar-refractivity contribution in [2.75, 3.05) is 31.9 Å². The summed E-state index contributed by atoms with van der Waals surface area (Å²) in [5.74, 6) is 4.38. The molecule has 142 valence electrons. The van der Waals surface area contributed by atoms with Crippen molar-refractivity contribution in [3.8, 4) is 11.5 Å². The molecule has 26 heavy (non-hydrogen) atoms. The van der Waals surface area contributed by atoms with Gasteiger partial charge in [0.15, 0.2) is 17.5 Å². The fourth-order valence-electron chi connectivity index (χ4n) is 2.41. The molecule has 0 atom stereocenters. The van der Waals surface area contributed by atoms with Crippen molar-refractivity contribution in [3.63, 3.8) is 0 Å². The van der Waals surface area contributed by atoms with Crippen molar-refractivity contribution in [2.24, 2.45) is 4.99 Å². The summed E-state index contributed by atoms with van der Waals surface area (Å²) in [6.45, 7) is 2.50. The fraction of sp³-hybridized carbons (Fsp3) is 0.389. The fourth-order valence-corrected chi connectivity index (χ4v) is 2.72. The lowest BCUT2D eigenvalue weighted by atomic mass is 10.2. The molecular weight excluding hydrogens is 465 g/mol. The number of benzene rings is 1. The zero-order chi connectivity index (χ0) is 17.3. The molecule has 0 aliphatic carbocycles. The molecule has 0 spiro atoms. The summed E-state index contributed by atoms with van der Waals surface area (Å²) in [7, 11) is 0. The molecule has 0 amide bonds. The first-order valence-electron chi connectivity index (χ1n) is 8.27. The molecule has 2 aromatic rings. The molecular formula is C18H24IN3O3S. The summed E-state index contributed by atoms with van der Waals surface area (Å²) in [5, 5.41) is 6.71. The highest BCUT2D eigenvalue weighted by Crippen LogP contribution is 2.32. The van der Waals surface area contributed by atoms with Gasteiger partial charge in [0.05, 0.1) is 12.8 Å². The minimum absolute atomic E-state index is 0. The number of guanidine groups is 1. The van der Waals surface area contributed by atoms with E-state index in [1.165, 1.54) is 0 Å². The first-order valence-corrected chi connectivity index (χ1v) is 9.66. The van der Waals surface area contributed by atoms with Crippen LogP contribution in [0.2, 0.25) is 0 Å². The van der Waals surface area contributed by atoms with Gasteiger partial charge in [0.1, 0.15) is 5.76 Å². The van der Waals surface area contributed by atoms with Crippen LogP contribution in [0.5, 0.6) is 11.5 Å². The number of thioether (sulfide) groups is 1. The Balaban J connectivity index is 0.00000243. The highest BCUT2D eigenvalue weighted by Gasteiger charge is 2.13. The van der Waals surface area contributed by atoms with Crippen molar-refractivity contribution in [1.82, 2.24) is 10.6 Å². The van der Waals surface area contributed by atoms with E-state index >= 15 is 0 Å². The van der Waals surface area contributed by atoms with Crippen molar-refractivity contribution in [2.45, 2.75) is 13.0 Å². The van der Waals surface area contributed by atoms with Gasteiger partial charge >= 0.3 is 0 Å². The monoisotopic (exact) mass is 489 g/mol. The minimum atomic E-state index is 0. The third-order valence-electron chi connectivity index (χ3n) is 3.70. The maximum Gasteiger partial charge on any atom is 0.231 e. The Morgan fingerprint density at radius 3 is 2.81 bits per heavy atom. The molecule has 6 nitrogen and oxygen atoms in total. The van der Waals surface area contributed by atoms with Gasteiger partial charge in [-0.15, -0.1) is 24.0 Å². The van der Waals surface area contributed by atoms with E-state index in [4.69, 9.17) is 13.9 Å². The van der Waals surface area contributed by atoms with Crippen LogP contribution in [0.1, 0.15) is 11.3 Å².